The molecule has 0 aliphatic heterocycles. The molecule has 2 aliphatic carbocycles. The van der Waals surface area contributed by atoms with E-state index in [0.717, 1.165) is 24.8 Å². The van der Waals surface area contributed by atoms with E-state index < -0.39 is 0 Å². The van der Waals surface area contributed by atoms with Gasteiger partial charge in [-0.15, -0.1) is 0 Å². The van der Waals surface area contributed by atoms with Crippen LogP contribution in [-0.2, 0) is 9.53 Å². The molecule has 2 rings (SSSR count). The smallest absolute Gasteiger partial charge is 0.331 e. The molecule has 86 valence electrons. The number of carbonyl (C=O) groups excluding carboxylic acids is 1. The Kier molecular flexibility index (Phi) is 3.60. The molecule has 2 heteroatoms. The zero-order valence-electron chi connectivity index (χ0n) is 9.79. The number of ether oxygens (including phenoxy) is 1. The van der Waals surface area contributed by atoms with E-state index >= 15 is 0 Å². The highest BCUT2D eigenvalue weighted by atomic mass is 16.5. The molecule has 0 aromatic rings. The molecule has 1 saturated carbocycles. The standard InChI is InChI=1S/C14H18O2/c1-2-16-14(15)10-11-5-3-6-12-7-4-8-13(12)9-11/h6,9-10H,2-5,7-8H2,1H3/b11-10-. The highest BCUT2D eigenvalue weighted by Gasteiger charge is 2.16. The van der Waals surface area contributed by atoms with Gasteiger partial charge < -0.3 is 4.74 Å². The minimum Gasteiger partial charge on any atom is -0.463 e. The second-order valence-electron chi connectivity index (χ2n) is 4.26. The molecule has 0 saturated heterocycles. The number of fused-ring (bicyclic) bond motifs is 1. The zero-order valence-corrected chi connectivity index (χ0v) is 9.79. The second-order valence-corrected chi connectivity index (χ2v) is 4.26. The molecule has 1 fully saturated rings. The lowest BCUT2D eigenvalue weighted by atomic mass is 10.1. The lowest BCUT2D eigenvalue weighted by molar-refractivity contribution is -0.137. The monoisotopic (exact) mass is 218 g/mol. The Morgan fingerprint density at radius 3 is 3.00 bits per heavy atom. The number of allylic oxidation sites excluding steroid dienone is 5. The molecule has 0 N–H and O–H groups in total. The summed E-state index contributed by atoms with van der Waals surface area (Å²) < 4.78 is 4.94. The normalized spacial score (nSPS) is 22.2. The SMILES string of the molecule is CCOC(=O)/C=C1\C=C2CCCC2=CCC1. The van der Waals surface area contributed by atoms with Gasteiger partial charge in [0.2, 0.25) is 0 Å². The number of esters is 1. The molecular formula is C14H18O2. The molecule has 0 radical (unpaired) electrons. The van der Waals surface area contributed by atoms with E-state index in [2.05, 4.69) is 12.2 Å². The molecule has 0 aromatic carbocycles. The lowest BCUT2D eigenvalue weighted by Gasteiger charge is -2.01. The molecule has 0 bridgehead atoms. The molecule has 0 heterocycles. The van der Waals surface area contributed by atoms with Gasteiger partial charge >= 0.3 is 5.97 Å². The largest absolute Gasteiger partial charge is 0.463 e. The molecule has 0 aromatic heterocycles. The minimum absolute atomic E-state index is 0.212. The van der Waals surface area contributed by atoms with Crippen LogP contribution >= 0.6 is 0 Å². The molecule has 0 unspecified atom stereocenters. The Morgan fingerprint density at radius 1 is 1.38 bits per heavy atom. The maximum Gasteiger partial charge on any atom is 0.331 e. The van der Waals surface area contributed by atoms with Crippen LogP contribution in [0.5, 0.6) is 0 Å². The quantitative estimate of drug-likeness (QED) is 0.525. The first-order valence-corrected chi connectivity index (χ1v) is 6.07. The van der Waals surface area contributed by atoms with Crippen molar-refractivity contribution in [1.82, 2.24) is 0 Å². The molecule has 2 aliphatic rings. The van der Waals surface area contributed by atoms with Gasteiger partial charge in [-0.3, -0.25) is 0 Å². The fourth-order valence-electron chi connectivity index (χ4n) is 2.35. The van der Waals surface area contributed by atoms with E-state index in [1.807, 2.05) is 6.92 Å². The van der Waals surface area contributed by atoms with Crippen molar-refractivity contribution in [3.05, 3.63) is 34.9 Å². The Labute approximate surface area is 96.7 Å². The highest BCUT2D eigenvalue weighted by Crippen LogP contribution is 2.34. The van der Waals surface area contributed by atoms with Gasteiger partial charge in [0.1, 0.15) is 0 Å². The third kappa shape index (κ3) is 2.63. The van der Waals surface area contributed by atoms with Gasteiger partial charge in [0, 0.05) is 6.08 Å². The van der Waals surface area contributed by atoms with Crippen molar-refractivity contribution in [2.24, 2.45) is 0 Å². The van der Waals surface area contributed by atoms with Crippen molar-refractivity contribution in [3.63, 3.8) is 0 Å². The molecule has 0 spiro atoms. The Morgan fingerprint density at radius 2 is 2.19 bits per heavy atom. The van der Waals surface area contributed by atoms with Gasteiger partial charge in [0.25, 0.3) is 0 Å². The average molecular weight is 218 g/mol. The van der Waals surface area contributed by atoms with Crippen LogP contribution in [0.15, 0.2) is 34.9 Å². The Hall–Kier alpha value is -1.31. The average Bonchev–Trinajstić information content (AvgIpc) is 2.58. The van der Waals surface area contributed by atoms with Crippen LogP contribution in [0.1, 0.15) is 39.0 Å². The summed E-state index contributed by atoms with van der Waals surface area (Å²) in [5, 5.41) is 0. The van der Waals surface area contributed by atoms with Crippen molar-refractivity contribution < 1.29 is 9.53 Å². The summed E-state index contributed by atoms with van der Waals surface area (Å²) >= 11 is 0. The van der Waals surface area contributed by atoms with Gasteiger partial charge in [-0.1, -0.05) is 12.2 Å². The van der Waals surface area contributed by atoms with Crippen molar-refractivity contribution in [1.29, 1.82) is 0 Å². The van der Waals surface area contributed by atoms with Crippen LogP contribution in [0.25, 0.3) is 0 Å². The van der Waals surface area contributed by atoms with Crippen molar-refractivity contribution in [3.8, 4) is 0 Å². The fourth-order valence-corrected chi connectivity index (χ4v) is 2.35. The van der Waals surface area contributed by atoms with E-state index in [9.17, 15) is 4.79 Å². The van der Waals surface area contributed by atoms with Gasteiger partial charge in [0.15, 0.2) is 0 Å². The highest BCUT2D eigenvalue weighted by molar-refractivity contribution is 5.83. The fraction of sp³-hybridized carbons (Fsp3) is 0.500. The van der Waals surface area contributed by atoms with Crippen LogP contribution in [-0.4, -0.2) is 12.6 Å². The Bertz CT molecular complexity index is 372. The van der Waals surface area contributed by atoms with Crippen LogP contribution in [0.4, 0.5) is 0 Å². The van der Waals surface area contributed by atoms with Crippen LogP contribution in [0, 0.1) is 0 Å². The zero-order chi connectivity index (χ0) is 11.4. The maximum absolute atomic E-state index is 11.4. The van der Waals surface area contributed by atoms with Gasteiger partial charge in [-0.25, -0.2) is 4.79 Å². The predicted octanol–water partition coefficient (Wildman–Crippen LogP) is 3.31. The number of hydrogen-bond donors (Lipinski definition) is 0. The molecule has 2 nitrogen and oxygen atoms in total. The van der Waals surface area contributed by atoms with E-state index in [0.29, 0.717) is 6.61 Å². The first-order chi connectivity index (χ1) is 7.79. The van der Waals surface area contributed by atoms with E-state index in [-0.39, 0.29) is 5.97 Å². The summed E-state index contributed by atoms with van der Waals surface area (Å²) in [6.45, 7) is 2.28. The van der Waals surface area contributed by atoms with E-state index in [1.165, 1.54) is 24.0 Å². The van der Waals surface area contributed by atoms with E-state index in [1.54, 1.807) is 6.08 Å². The van der Waals surface area contributed by atoms with Crippen LogP contribution in [0.2, 0.25) is 0 Å². The first kappa shape index (κ1) is 11.2. The van der Waals surface area contributed by atoms with Gasteiger partial charge in [-0.05, 0) is 55.7 Å². The first-order valence-electron chi connectivity index (χ1n) is 6.07. The topological polar surface area (TPSA) is 26.3 Å². The second kappa shape index (κ2) is 5.15. The van der Waals surface area contributed by atoms with Gasteiger partial charge in [0.05, 0.1) is 6.61 Å². The third-order valence-electron chi connectivity index (χ3n) is 3.08. The minimum atomic E-state index is -0.212. The number of hydrogen-bond acceptors (Lipinski definition) is 2. The Balaban J connectivity index is 2.13. The summed E-state index contributed by atoms with van der Waals surface area (Å²) in [4.78, 5) is 11.4. The summed E-state index contributed by atoms with van der Waals surface area (Å²) in [7, 11) is 0. The van der Waals surface area contributed by atoms with Crippen molar-refractivity contribution in [2.45, 2.75) is 39.0 Å². The van der Waals surface area contributed by atoms with Crippen molar-refractivity contribution in [2.75, 3.05) is 6.61 Å². The number of carbonyl (C=O) groups is 1. The van der Waals surface area contributed by atoms with Crippen molar-refractivity contribution >= 4 is 5.97 Å². The summed E-state index contributed by atoms with van der Waals surface area (Å²) in [5.74, 6) is -0.212. The molecule has 0 atom stereocenters. The summed E-state index contributed by atoms with van der Waals surface area (Å²) in [6.07, 6.45) is 11.8. The third-order valence-corrected chi connectivity index (χ3v) is 3.08. The van der Waals surface area contributed by atoms with Crippen LogP contribution in [0.3, 0.4) is 0 Å². The maximum atomic E-state index is 11.4. The van der Waals surface area contributed by atoms with Crippen LogP contribution < -0.4 is 0 Å². The predicted molar refractivity (Wildman–Crippen MR) is 64.0 cm³/mol. The van der Waals surface area contributed by atoms with E-state index in [4.69, 9.17) is 4.74 Å². The number of rotatable bonds is 2. The van der Waals surface area contributed by atoms with Gasteiger partial charge in [-0.2, -0.15) is 0 Å². The molecule has 16 heavy (non-hydrogen) atoms. The summed E-state index contributed by atoms with van der Waals surface area (Å²) in [5.41, 5.74) is 4.03. The lowest BCUT2D eigenvalue weighted by Crippen LogP contribution is -2.00. The molecule has 0 amide bonds. The summed E-state index contributed by atoms with van der Waals surface area (Å²) in [6, 6.07) is 0. The molecular weight excluding hydrogens is 200 g/mol.